The summed E-state index contributed by atoms with van der Waals surface area (Å²) in [5.74, 6) is 0.505. The van der Waals surface area contributed by atoms with Crippen molar-refractivity contribution in [3.05, 3.63) is 54.1 Å². The van der Waals surface area contributed by atoms with Crippen molar-refractivity contribution in [3.8, 4) is 11.5 Å². The quantitative estimate of drug-likeness (QED) is 0.875. The third-order valence-corrected chi connectivity index (χ3v) is 3.75. The van der Waals surface area contributed by atoms with Crippen molar-refractivity contribution in [2.75, 3.05) is 18.5 Å². The van der Waals surface area contributed by atoms with Crippen LogP contribution in [0.25, 0.3) is 0 Å². The van der Waals surface area contributed by atoms with E-state index >= 15 is 0 Å². The number of amides is 2. The van der Waals surface area contributed by atoms with Gasteiger partial charge in [0.15, 0.2) is 6.61 Å². The van der Waals surface area contributed by atoms with Gasteiger partial charge < -0.3 is 20.5 Å². The second kappa shape index (κ2) is 7.04. The minimum absolute atomic E-state index is 0.0877. The van der Waals surface area contributed by atoms with Crippen LogP contribution >= 0.6 is 0 Å². The molecule has 3 N–H and O–H groups in total. The first-order chi connectivity index (χ1) is 11.6. The molecular weight excluding hydrogens is 308 g/mol. The molecule has 1 atom stereocenters. The van der Waals surface area contributed by atoms with Gasteiger partial charge >= 0.3 is 0 Å². The van der Waals surface area contributed by atoms with Gasteiger partial charge in [0.05, 0.1) is 5.92 Å². The molecule has 0 saturated heterocycles. The van der Waals surface area contributed by atoms with E-state index in [-0.39, 0.29) is 18.4 Å². The highest BCUT2D eigenvalue weighted by Crippen LogP contribution is 2.27. The Hall–Kier alpha value is -3.02. The van der Waals surface area contributed by atoms with Gasteiger partial charge in [-0.25, -0.2) is 0 Å². The van der Waals surface area contributed by atoms with Gasteiger partial charge in [0.25, 0.3) is 5.91 Å². The maximum Gasteiger partial charge on any atom is 0.255 e. The number of nitrogens with two attached hydrogens (primary N) is 1. The minimum Gasteiger partial charge on any atom is -0.492 e. The highest BCUT2D eigenvalue weighted by molar-refractivity contribution is 5.93. The van der Waals surface area contributed by atoms with Gasteiger partial charge in [0.2, 0.25) is 5.91 Å². The molecule has 0 saturated carbocycles. The zero-order chi connectivity index (χ0) is 16.9. The maximum atomic E-state index is 12.4. The van der Waals surface area contributed by atoms with Crippen molar-refractivity contribution in [1.82, 2.24) is 0 Å². The first-order valence-corrected chi connectivity index (χ1v) is 7.64. The van der Waals surface area contributed by atoms with Crippen molar-refractivity contribution in [2.24, 2.45) is 11.7 Å². The third kappa shape index (κ3) is 3.84. The monoisotopic (exact) mass is 326 g/mol. The molecule has 6 nitrogen and oxygen atoms in total. The Balaban J connectivity index is 1.58. The fourth-order valence-electron chi connectivity index (χ4n) is 2.53. The number of hydrogen-bond acceptors (Lipinski definition) is 4. The average molecular weight is 326 g/mol. The van der Waals surface area contributed by atoms with E-state index in [4.69, 9.17) is 15.2 Å². The van der Waals surface area contributed by atoms with Crippen LogP contribution in [0.4, 0.5) is 5.69 Å². The number of hydrogen-bond donors (Lipinski definition) is 2. The van der Waals surface area contributed by atoms with E-state index in [1.165, 1.54) is 0 Å². The molecule has 3 rings (SSSR count). The molecule has 0 aromatic heterocycles. The number of primary amides is 1. The number of carbonyl (C=O) groups excluding carboxylic acids is 2. The summed E-state index contributed by atoms with van der Waals surface area (Å²) in [4.78, 5) is 23.1. The lowest BCUT2D eigenvalue weighted by molar-refractivity contribution is -0.121. The lowest BCUT2D eigenvalue weighted by atomic mass is 9.96. The van der Waals surface area contributed by atoms with Crippen LogP contribution in [0.1, 0.15) is 5.56 Å². The van der Waals surface area contributed by atoms with Crippen LogP contribution in [0.2, 0.25) is 0 Å². The number of rotatable bonds is 5. The number of anilines is 1. The van der Waals surface area contributed by atoms with Crippen LogP contribution in [0.3, 0.4) is 0 Å². The maximum absolute atomic E-state index is 12.4. The van der Waals surface area contributed by atoms with Crippen LogP contribution in [0.5, 0.6) is 11.5 Å². The Bertz CT molecular complexity index is 743. The first kappa shape index (κ1) is 15.9. The van der Waals surface area contributed by atoms with E-state index in [9.17, 15) is 9.59 Å². The summed E-state index contributed by atoms with van der Waals surface area (Å²) in [6.07, 6.45) is 0.655. The SMILES string of the molecule is NC(=O)COc1ccc(NC(=O)C2COc3ccccc3C2)cc1. The van der Waals surface area contributed by atoms with Gasteiger partial charge in [-0.3, -0.25) is 9.59 Å². The molecule has 2 amide bonds. The Morgan fingerprint density at radius 3 is 2.67 bits per heavy atom. The molecule has 0 radical (unpaired) electrons. The number of benzene rings is 2. The summed E-state index contributed by atoms with van der Waals surface area (Å²) in [6.45, 7) is 0.188. The molecule has 124 valence electrons. The third-order valence-electron chi connectivity index (χ3n) is 3.75. The molecule has 1 heterocycles. The van der Waals surface area contributed by atoms with Gasteiger partial charge in [-0.15, -0.1) is 0 Å². The van der Waals surface area contributed by atoms with E-state index in [2.05, 4.69) is 5.32 Å². The topological polar surface area (TPSA) is 90.7 Å². The Morgan fingerprint density at radius 2 is 1.92 bits per heavy atom. The molecule has 1 aliphatic heterocycles. The Morgan fingerprint density at radius 1 is 1.17 bits per heavy atom. The highest BCUT2D eigenvalue weighted by atomic mass is 16.5. The number of nitrogens with one attached hydrogen (secondary N) is 1. The van der Waals surface area contributed by atoms with Crippen molar-refractivity contribution >= 4 is 17.5 Å². The molecule has 24 heavy (non-hydrogen) atoms. The second-order valence-electron chi connectivity index (χ2n) is 5.59. The normalized spacial score (nSPS) is 15.8. The Labute approximate surface area is 139 Å². The van der Waals surface area contributed by atoms with Crippen LogP contribution in [0, 0.1) is 5.92 Å². The zero-order valence-electron chi connectivity index (χ0n) is 13.0. The summed E-state index contributed by atoms with van der Waals surface area (Å²) in [5, 5.41) is 2.87. The van der Waals surface area contributed by atoms with Gasteiger partial charge in [-0.1, -0.05) is 18.2 Å². The largest absolute Gasteiger partial charge is 0.492 e. The van der Waals surface area contributed by atoms with Gasteiger partial charge in [0, 0.05) is 5.69 Å². The smallest absolute Gasteiger partial charge is 0.255 e. The van der Waals surface area contributed by atoms with E-state index in [1.54, 1.807) is 24.3 Å². The van der Waals surface area contributed by atoms with E-state index in [1.807, 2.05) is 24.3 Å². The number of carbonyl (C=O) groups is 2. The number of fused-ring (bicyclic) bond motifs is 1. The lowest BCUT2D eigenvalue weighted by Crippen LogP contribution is -2.32. The summed E-state index contributed by atoms with van der Waals surface area (Å²) in [5.41, 5.74) is 6.72. The summed E-state index contributed by atoms with van der Waals surface area (Å²) in [6, 6.07) is 14.5. The average Bonchev–Trinajstić information content (AvgIpc) is 2.60. The van der Waals surface area contributed by atoms with Crippen molar-refractivity contribution in [3.63, 3.8) is 0 Å². The molecule has 0 aliphatic carbocycles. The number of ether oxygens (including phenoxy) is 2. The molecule has 0 spiro atoms. The van der Waals surface area contributed by atoms with Crippen molar-refractivity contribution in [1.29, 1.82) is 0 Å². The molecule has 6 heteroatoms. The molecular formula is C18H18N2O4. The number of para-hydroxylation sites is 1. The van der Waals surface area contributed by atoms with Crippen molar-refractivity contribution in [2.45, 2.75) is 6.42 Å². The zero-order valence-corrected chi connectivity index (χ0v) is 13.0. The van der Waals surface area contributed by atoms with Crippen LogP contribution in [-0.2, 0) is 16.0 Å². The molecule has 2 aromatic carbocycles. The first-order valence-electron chi connectivity index (χ1n) is 7.64. The molecule has 0 bridgehead atoms. The van der Waals surface area contributed by atoms with Gasteiger partial charge in [-0.05, 0) is 42.3 Å². The summed E-state index contributed by atoms with van der Waals surface area (Å²) in [7, 11) is 0. The lowest BCUT2D eigenvalue weighted by Gasteiger charge is -2.24. The standard InChI is InChI=1S/C18H18N2O4/c19-17(21)11-23-15-7-5-14(6-8-15)20-18(22)13-9-12-3-1-2-4-16(12)24-10-13/h1-8,13H,9-11H2,(H2,19,21)(H,20,22). The second-order valence-corrected chi connectivity index (χ2v) is 5.59. The van der Waals surface area contributed by atoms with Crippen molar-refractivity contribution < 1.29 is 19.1 Å². The molecule has 1 unspecified atom stereocenters. The Kier molecular flexibility index (Phi) is 4.65. The molecule has 2 aromatic rings. The molecule has 0 fully saturated rings. The fourth-order valence-corrected chi connectivity index (χ4v) is 2.53. The van der Waals surface area contributed by atoms with E-state index < -0.39 is 5.91 Å². The van der Waals surface area contributed by atoms with Crippen LogP contribution in [0.15, 0.2) is 48.5 Å². The predicted molar refractivity (Wildman–Crippen MR) is 88.9 cm³/mol. The van der Waals surface area contributed by atoms with Gasteiger partial charge in [0.1, 0.15) is 18.1 Å². The minimum atomic E-state index is -0.537. The van der Waals surface area contributed by atoms with E-state index in [0.717, 1.165) is 11.3 Å². The van der Waals surface area contributed by atoms with E-state index in [0.29, 0.717) is 24.5 Å². The summed E-state index contributed by atoms with van der Waals surface area (Å²) < 4.78 is 10.8. The van der Waals surface area contributed by atoms with Crippen LogP contribution < -0.4 is 20.5 Å². The van der Waals surface area contributed by atoms with Crippen LogP contribution in [-0.4, -0.2) is 25.0 Å². The molecule has 1 aliphatic rings. The predicted octanol–water partition coefficient (Wildman–Crippen LogP) is 1.74. The fraction of sp³-hybridized carbons (Fsp3) is 0.222. The summed E-state index contributed by atoms with van der Waals surface area (Å²) >= 11 is 0. The van der Waals surface area contributed by atoms with Gasteiger partial charge in [-0.2, -0.15) is 0 Å². The highest BCUT2D eigenvalue weighted by Gasteiger charge is 2.25.